The van der Waals surface area contributed by atoms with E-state index in [1.165, 1.54) is 13.2 Å². The van der Waals surface area contributed by atoms with Gasteiger partial charge in [0.05, 0.1) is 19.1 Å². The van der Waals surface area contributed by atoms with Gasteiger partial charge in [0.25, 0.3) is 0 Å². The zero-order chi connectivity index (χ0) is 22.8. The lowest BCUT2D eigenvalue weighted by Gasteiger charge is -2.44. The Morgan fingerprint density at radius 2 is 1.97 bits per heavy atom. The maximum absolute atomic E-state index is 12.7. The number of carbonyl (C=O) groups excluding carboxylic acids is 1. The number of methoxy groups -OCH3 is 1. The van der Waals surface area contributed by atoms with Crippen molar-refractivity contribution in [1.82, 2.24) is 10.1 Å². The van der Waals surface area contributed by atoms with Crippen LogP contribution in [0.3, 0.4) is 0 Å². The van der Waals surface area contributed by atoms with Crippen LogP contribution in [0.25, 0.3) is 11.3 Å². The van der Waals surface area contributed by atoms with Gasteiger partial charge < -0.3 is 14.0 Å². The highest BCUT2D eigenvalue weighted by atomic mass is 19.3. The predicted octanol–water partition coefficient (Wildman–Crippen LogP) is 5.16. The Morgan fingerprint density at radius 3 is 2.61 bits per heavy atom. The number of aromatic nitrogens is 1. The van der Waals surface area contributed by atoms with Crippen LogP contribution in [0.2, 0.25) is 0 Å². The number of nitrogens with zero attached hydrogens (tertiary/aromatic N) is 2. The van der Waals surface area contributed by atoms with E-state index in [9.17, 15) is 13.6 Å². The van der Waals surface area contributed by atoms with E-state index in [0.29, 0.717) is 29.5 Å². The number of hydrogen-bond acceptors (Lipinski definition) is 6. The first-order valence-electron chi connectivity index (χ1n) is 10.4. The number of esters is 1. The molecule has 6 nitrogen and oxygen atoms in total. The van der Waals surface area contributed by atoms with Gasteiger partial charge in [-0.15, -0.1) is 0 Å². The Labute approximate surface area is 181 Å². The third-order valence-corrected chi connectivity index (χ3v) is 6.11. The van der Waals surface area contributed by atoms with Crippen molar-refractivity contribution in [1.29, 1.82) is 0 Å². The summed E-state index contributed by atoms with van der Waals surface area (Å²) in [6.45, 7) is 6.95. The lowest BCUT2D eigenvalue weighted by Crippen LogP contribution is -2.47. The van der Waals surface area contributed by atoms with Crippen molar-refractivity contribution in [3.8, 4) is 17.0 Å². The maximum atomic E-state index is 12.7. The van der Waals surface area contributed by atoms with Crippen molar-refractivity contribution in [3.63, 3.8) is 0 Å². The molecule has 1 fully saturated rings. The Hall–Kier alpha value is -2.48. The van der Waals surface area contributed by atoms with Gasteiger partial charge in [-0.25, -0.2) is 0 Å². The summed E-state index contributed by atoms with van der Waals surface area (Å²) in [6, 6.07) is 8.07. The van der Waals surface area contributed by atoms with E-state index < -0.39 is 6.61 Å². The van der Waals surface area contributed by atoms with Gasteiger partial charge in [0.2, 0.25) is 0 Å². The molecule has 0 saturated carbocycles. The third-order valence-electron chi connectivity index (χ3n) is 6.11. The number of benzene rings is 1. The van der Waals surface area contributed by atoms with Crippen LogP contribution in [-0.2, 0) is 9.53 Å². The van der Waals surface area contributed by atoms with Crippen molar-refractivity contribution in [2.75, 3.05) is 20.2 Å². The Morgan fingerprint density at radius 1 is 1.26 bits per heavy atom. The molecule has 1 aromatic heterocycles. The Bertz CT molecular complexity index is 894. The number of rotatable bonds is 6. The first kappa shape index (κ1) is 23.2. The monoisotopic (exact) mass is 436 g/mol. The molecular weight excluding hydrogens is 406 g/mol. The van der Waals surface area contributed by atoms with Gasteiger partial charge in [0.15, 0.2) is 5.76 Å². The van der Waals surface area contributed by atoms with Crippen LogP contribution in [0.1, 0.15) is 45.9 Å². The normalized spacial score (nSPS) is 21.2. The number of halogens is 2. The summed E-state index contributed by atoms with van der Waals surface area (Å²) < 4.78 is 40.7. The number of likely N-dealkylation sites (tertiary alicyclic amines) is 1. The standard InChI is InChI=1S/C23H30F2N2O4/c1-14(27-12-15(21(28)29-5)10-16(13-27)23(2,3)4)20-11-18(26-31-20)17-8-6-7-9-19(17)30-22(24)25/h6-9,11,14-16,22H,10,12-13H2,1-5H3/t14?,15-,16-/m1/s1. The third kappa shape index (κ3) is 5.42. The summed E-state index contributed by atoms with van der Waals surface area (Å²) in [7, 11) is 1.42. The first-order valence-corrected chi connectivity index (χ1v) is 10.4. The second-order valence-electron chi connectivity index (χ2n) is 9.14. The molecule has 0 N–H and O–H groups in total. The molecule has 31 heavy (non-hydrogen) atoms. The molecule has 0 aliphatic carbocycles. The lowest BCUT2D eigenvalue weighted by atomic mass is 9.73. The first-order chi connectivity index (χ1) is 14.6. The maximum Gasteiger partial charge on any atom is 0.387 e. The molecule has 2 aromatic rings. The van der Waals surface area contributed by atoms with Gasteiger partial charge in [-0.05, 0) is 36.8 Å². The molecule has 2 heterocycles. The topological polar surface area (TPSA) is 64.8 Å². The predicted molar refractivity (Wildman–Crippen MR) is 112 cm³/mol. The summed E-state index contributed by atoms with van der Waals surface area (Å²) in [5, 5.41) is 4.09. The molecule has 0 spiro atoms. The fourth-order valence-electron chi connectivity index (χ4n) is 4.08. The van der Waals surface area contributed by atoms with Gasteiger partial charge >= 0.3 is 12.6 Å². The molecule has 0 bridgehead atoms. The van der Waals surface area contributed by atoms with E-state index in [1.54, 1.807) is 24.3 Å². The molecule has 1 unspecified atom stereocenters. The smallest absolute Gasteiger partial charge is 0.387 e. The molecule has 3 atom stereocenters. The highest BCUT2D eigenvalue weighted by molar-refractivity contribution is 5.72. The summed E-state index contributed by atoms with van der Waals surface area (Å²) in [4.78, 5) is 14.5. The van der Waals surface area contributed by atoms with E-state index in [1.807, 2.05) is 6.92 Å². The summed E-state index contributed by atoms with van der Waals surface area (Å²) in [5.41, 5.74) is 0.888. The summed E-state index contributed by atoms with van der Waals surface area (Å²) in [5.74, 6) is 0.521. The van der Waals surface area contributed by atoms with Crippen molar-refractivity contribution in [3.05, 3.63) is 36.1 Å². The van der Waals surface area contributed by atoms with Crippen molar-refractivity contribution >= 4 is 5.97 Å². The Kier molecular flexibility index (Phi) is 6.99. The van der Waals surface area contributed by atoms with Gasteiger partial charge in [-0.1, -0.05) is 38.1 Å². The molecule has 8 heteroatoms. The van der Waals surface area contributed by atoms with Crippen LogP contribution in [0.4, 0.5) is 8.78 Å². The van der Waals surface area contributed by atoms with Crippen LogP contribution in [0.15, 0.2) is 34.9 Å². The molecule has 0 radical (unpaired) electrons. The van der Waals surface area contributed by atoms with Gasteiger partial charge in [0, 0.05) is 24.7 Å². The quantitative estimate of drug-likeness (QED) is 0.583. The van der Waals surface area contributed by atoms with Gasteiger partial charge in [0.1, 0.15) is 11.4 Å². The van der Waals surface area contributed by atoms with E-state index >= 15 is 0 Å². The van der Waals surface area contributed by atoms with Gasteiger partial charge in [-0.3, -0.25) is 9.69 Å². The van der Waals surface area contributed by atoms with Crippen LogP contribution in [0.5, 0.6) is 5.75 Å². The van der Waals surface area contributed by atoms with Crippen molar-refractivity contribution in [2.45, 2.75) is 46.8 Å². The zero-order valence-electron chi connectivity index (χ0n) is 18.6. The molecular formula is C23H30F2N2O4. The van der Waals surface area contributed by atoms with Crippen LogP contribution < -0.4 is 4.74 Å². The summed E-state index contributed by atoms with van der Waals surface area (Å²) >= 11 is 0. The van der Waals surface area contributed by atoms with E-state index in [-0.39, 0.29) is 29.1 Å². The molecule has 170 valence electrons. The number of para-hydroxylation sites is 1. The van der Waals surface area contributed by atoms with E-state index in [2.05, 4.69) is 35.6 Å². The van der Waals surface area contributed by atoms with E-state index in [4.69, 9.17) is 9.26 Å². The number of hydrogen-bond donors (Lipinski definition) is 0. The summed E-state index contributed by atoms with van der Waals surface area (Å²) in [6.07, 6.45) is 0.777. The van der Waals surface area contributed by atoms with Crippen LogP contribution in [-0.4, -0.2) is 42.8 Å². The van der Waals surface area contributed by atoms with E-state index in [0.717, 1.165) is 13.0 Å². The SMILES string of the molecule is COC(=O)[C@@H]1C[C@@H](C(C)(C)C)CN(C(C)c2cc(-c3ccccc3OC(F)F)no2)C1. The minimum Gasteiger partial charge on any atom is -0.469 e. The molecule has 1 aliphatic heterocycles. The molecule has 3 rings (SSSR count). The highest BCUT2D eigenvalue weighted by Crippen LogP contribution is 2.39. The minimum atomic E-state index is -2.93. The average Bonchev–Trinajstić information content (AvgIpc) is 3.21. The number of ether oxygens (including phenoxy) is 2. The molecule has 1 saturated heterocycles. The molecule has 1 aliphatic rings. The van der Waals surface area contributed by atoms with Gasteiger partial charge in [-0.2, -0.15) is 8.78 Å². The fourth-order valence-corrected chi connectivity index (χ4v) is 4.08. The highest BCUT2D eigenvalue weighted by Gasteiger charge is 2.39. The number of carbonyl (C=O) groups is 1. The van der Waals surface area contributed by atoms with Crippen molar-refractivity contribution in [2.24, 2.45) is 17.3 Å². The largest absolute Gasteiger partial charge is 0.469 e. The second-order valence-corrected chi connectivity index (χ2v) is 9.14. The van der Waals surface area contributed by atoms with Crippen LogP contribution in [0, 0.1) is 17.3 Å². The Balaban J connectivity index is 1.84. The van der Waals surface area contributed by atoms with Crippen molar-refractivity contribution < 1.29 is 27.6 Å². The average molecular weight is 436 g/mol. The minimum absolute atomic E-state index is 0.0305. The second kappa shape index (κ2) is 9.34. The molecule has 1 aromatic carbocycles. The number of alkyl halides is 2. The van der Waals surface area contributed by atoms with Crippen LogP contribution >= 0.6 is 0 Å². The fraction of sp³-hybridized carbons (Fsp3) is 0.565. The lowest BCUT2D eigenvalue weighted by molar-refractivity contribution is -0.149. The zero-order valence-corrected chi connectivity index (χ0v) is 18.6. The molecule has 0 amide bonds. The number of piperidine rings is 1.